The summed E-state index contributed by atoms with van der Waals surface area (Å²) in [5.41, 5.74) is 1.22. The van der Waals surface area contributed by atoms with Crippen molar-refractivity contribution in [3.8, 4) is 5.75 Å². The van der Waals surface area contributed by atoms with Crippen molar-refractivity contribution < 1.29 is 24.2 Å². The van der Waals surface area contributed by atoms with Crippen LogP contribution in [0.15, 0.2) is 36.5 Å². The van der Waals surface area contributed by atoms with Crippen molar-refractivity contribution in [2.45, 2.75) is 57.4 Å². The second kappa shape index (κ2) is 10.4. The Kier molecular flexibility index (Phi) is 7.18. The maximum atomic E-state index is 13.0. The number of fused-ring (bicyclic) bond motifs is 1. The van der Waals surface area contributed by atoms with Crippen molar-refractivity contribution in [3.63, 3.8) is 0 Å². The van der Waals surface area contributed by atoms with Crippen LogP contribution >= 0.6 is 11.6 Å². The fraction of sp³-hybridized carbons (Fsp3) is 0.519. The Morgan fingerprint density at radius 1 is 1.27 bits per heavy atom. The van der Waals surface area contributed by atoms with Gasteiger partial charge in [0.1, 0.15) is 24.2 Å². The van der Waals surface area contributed by atoms with Crippen LogP contribution in [-0.4, -0.2) is 71.0 Å². The SMILES string of the molecule is CC(C)(O)C1CCN(c2cnc(C(=O)NCc3ccc(Cl)cc3)cc2O[C@H]2CCN3C(=O)OC[C@@H]3C2)C1. The molecule has 1 aromatic heterocycles. The number of nitrogens with one attached hydrogen (secondary N) is 1. The van der Waals surface area contributed by atoms with Gasteiger partial charge in [-0.3, -0.25) is 4.79 Å². The molecule has 3 saturated heterocycles. The van der Waals surface area contributed by atoms with Gasteiger partial charge in [0.2, 0.25) is 0 Å². The lowest BCUT2D eigenvalue weighted by Crippen LogP contribution is -2.44. The van der Waals surface area contributed by atoms with Gasteiger partial charge in [0.15, 0.2) is 0 Å². The van der Waals surface area contributed by atoms with E-state index in [1.54, 1.807) is 29.3 Å². The molecule has 2 amide bonds. The zero-order valence-corrected chi connectivity index (χ0v) is 21.9. The van der Waals surface area contributed by atoms with Crippen molar-refractivity contribution in [3.05, 3.63) is 52.8 Å². The van der Waals surface area contributed by atoms with Crippen LogP contribution in [-0.2, 0) is 11.3 Å². The van der Waals surface area contributed by atoms with Gasteiger partial charge in [0.05, 0.1) is 23.5 Å². The van der Waals surface area contributed by atoms with Gasteiger partial charge in [-0.25, -0.2) is 9.78 Å². The summed E-state index contributed by atoms with van der Waals surface area (Å²) in [6, 6.07) is 9.01. The van der Waals surface area contributed by atoms with E-state index in [-0.39, 0.29) is 35.8 Å². The van der Waals surface area contributed by atoms with Crippen molar-refractivity contribution >= 4 is 29.3 Å². The fourth-order valence-corrected chi connectivity index (χ4v) is 5.39. The maximum Gasteiger partial charge on any atom is 0.410 e. The number of carbonyl (C=O) groups is 2. The average Bonchev–Trinajstić information content (AvgIpc) is 3.51. The summed E-state index contributed by atoms with van der Waals surface area (Å²) in [6.45, 7) is 6.41. The number of anilines is 1. The van der Waals surface area contributed by atoms with Gasteiger partial charge in [0, 0.05) is 56.0 Å². The fourth-order valence-electron chi connectivity index (χ4n) is 5.27. The van der Waals surface area contributed by atoms with E-state index in [1.165, 1.54) is 0 Å². The lowest BCUT2D eigenvalue weighted by Gasteiger charge is -2.33. The molecule has 1 aromatic carbocycles. The Hall–Kier alpha value is -3.04. The van der Waals surface area contributed by atoms with Gasteiger partial charge < -0.3 is 29.7 Å². The summed E-state index contributed by atoms with van der Waals surface area (Å²) in [6.07, 6.45) is 3.51. The van der Waals surface area contributed by atoms with E-state index in [1.807, 2.05) is 26.0 Å². The number of benzene rings is 1. The van der Waals surface area contributed by atoms with E-state index in [2.05, 4.69) is 15.2 Å². The van der Waals surface area contributed by atoms with E-state index < -0.39 is 5.60 Å². The van der Waals surface area contributed by atoms with Crippen molar-refractivity contribution in [2.75, 3.05) is 31.1 Å². The summed E-state index contributed by atoms with van der Waals surface area (Å²) in [5.74, 6) is 0.408. The molecule has 2 N–H and O–H groups in total. The highest BCUT2D eigenvalue weighted by Gasteiger charge is 2.40. The second-order valence-electron chi connectivity index (χ2n) is 10.6. The second-order valence-corrected chi connectivity index (χ2v) is 11.1. The Labute approximate surface area is 221 Å². The highest BCUT2D eigenvalue weighted by atomic mass is 35.5. The molecule has 1 unspecified atom stereocenters. The number of cyclic esters (lactones) is 1. The van der Waals surface area contributed by atoms with E-state index in [4.69, 9.17) is 21.1 Å². The molecule has 3 fully saturated rings. The molecule has 3 aliphatic heterocycles. The summed E-state index contributed by atoms with van der Waals surface area (Å²) in [5, 5.41) is 14.1. The van der Waals surface area contributed by atoms with E-state index in [0.717, 1.165) is 24.2 Å². The zero-order chi connectivity index (χ0) is 26.2. The number of aliphatic hydroxyl groups is 1. The number of carbonyl (C=O) groups excluding carboxylic acids is 2. The molecule has 0 saturated carbocycles. The number of aromatic nitrogens is 1. The standard InChI is InChI=1S/C27H33ClN4O5/c1-27(2,35)18-7-9-31(15-18)23-14-29-22(25(33)30-13-17-3-5-19(28)6-4-17)12-24(23)37-21-8-10-32-20(11-21)16-36-26(32)34/h3-6,12,14,18,20-21,35H,7-11,13,15-16H2,1-2H3,(H,30,33)/t18?,20-,21-/m0/s1. The molecule has 9 nitrogen and oxygen atoms in total. The predicted octanol–water partition coefficient (Wildman–Crippen LogP) is 3.62. The van der Waals surface area contributed by atoms with Crippen molar-refractivity contribution in [1.29, 1.82) is 0 Å². The largest absolute Gasteiger partial charge is 0.488 e. The maximum absolute atomic E-state index is 13.0. The minimum Gasteiger partial charge on any atom is -0.488 e. The predicted molar refractivity (Wildman–Crippen MR) is 139 cm³/mol. The van der Waals surface area contributed by atoms with Gasteiger partial charge in [0.25, 0.3) is 5.91 Å². The number of nitrogens with zero attached hydrogens (tertiary/aromatic N) is 3. The monoisotopic (exact) mass is 528 g/mol. The van der Waals surface area contributed by atoms with E-state index in [0.29, 0.717) is 49.9 Å². The molecule has 0 aliphatic carbocycles. The van der Waals surface area contributed by atoms with Crippen LogP contribution in [0.25, 0.3) is 0 Å². The molecule has 198 valence electrons. The number of hydrogen-bond donors (Lipinski definition) is 2. The van der Waals surface area contributed by atoms with Crippen LogP contribution in [0, 0.1) is 5.92 Å². The zero-order valence-electron chi connectivity index (χ0n) is 21.2. The van der Waals surface area contributed by atoms with Crippen LogP contribution in [0.5, 0.6) is 5.75 Å². The summed E-state index contributed by atoms with van der Waals surface area (Å²) in [7, 11) is 0. The first-order chi connectivity index (χ1) is 17.7. The normalized spacial score (nSPS) is 23.6. The molecular weight excluding hydrogens is 496 g/mol. The lowest BCUT2D eigenvalue weighted by atomic mass is 9.90. The van der Waals surface area contributed by atoms with Crippen molar-refractivity contribution in [2.24, 2.45) is 5.92 Å². The van der Waals surface area contributed by atoms with Gasteiger partial charge in [-0.2, -0.15) is 0 Å². The van der Waals surface area contributed by atoms with Crippen LogP contribution in [0.1, 0.15) is 49.2 Å². The molecule has 10 heteroatoms. The first kappa shape index (κ1) is 25.6. The Morgan fingerprint density at radius 3 is 2.78 bits per heavy atom. The van der Waals surface area contributed by atoms with Crippen LogP contribution in [0.3, 0.4) is 0 Å². The molecule has 3 atom stereocenters. The molecule has 4 heterocycles. The molecule has 5 rings (SSSR count). The summed E-state index contributed by atoms with van der Waals surface area (Å²) >= 11 is 5.95. The summed E-state index contributed by atoms with van der Waals surface area (Å²) in [4.78, 5) is 33.2. The number of ether oxygens (including phenoxy) is 2. The van der Waals surface area contributed by atoms with Gasteiger partial charge in [-0.15, -0.1) is 0 Å². The number of hydrogen-bond acceptors (Lipinski definition) is 7. The van der Waals surface area contributed by atoms with Crippen molar-refractivity contribution in [1.82, 2.24) is 15.2 Å². The Morgan fingerprint density at radius 2 is 2.05 bits per heavy atom. The smallest absolute Gasteiger partial charge is 0.410 e. The first-order valence-electron chi connectivity index (χ1n) is 12.8. The van der Waals surface area contributed by atoms with Gasteiger partial charge in [-0.1, -0.05) is 23.7 Å². The van der Waals surface area contributed by atoms with Crippen LogP contribution in [0.2, 0.25) is 5.02 Å². The number of halogens is 1. The number of rotatable bonds is 7. The third-order valence-corrected chi connectivity index (χ3v) is 7.82. The number of pyridine rings is 1. The number of amides is 2. The third-order valence-electron chi connectivity index (χ3n) is 7.57. The Balaban J connectivity index is 1.34. The molecule has 0 radical (unpaired) electrons. The Bertz CT molecular complexity index is 1150. The first-order valence-corrected chi connectivity index (χ1v) is 13.1. The van der Waals surface area contributed by atoms with Gasteiger partial charge >= 0.3 is 6.09 Å². The topological polar surface area (TPSA) is 104 Å². The minimum absolute atomic E-state index is 0.00466. The van der Waals surface area contributed by atoms with Crippen LogP contribution in [0.4, 0.5) is 10.5 Å². The lowest BCUT2D eigenvalue weighted by molar-refractivity contribution is 0.0263. The minimum atomic E-state index is -0.785. The molecule has 2 aromatic rings. The van der Waals surface area contributed by atoms with E-state index >= 15 is 0 Å². The van der Waals surface area contributed by atoms with E-state index in [9.17, 15) is 14.7 Å². The molecule has 0 bridgehead atoms. The average molecular weight is 529 g/mol. The quantitative estimate of drug-likeness (QED) is 0.565. The third kappa shape index (κ3) is 5.78. The molecule has 3 aliphatic rings. The number of piperidine rings is 1. The highest BCUT2D eigenvalue weighted by molar-refractivity contribution is 6.30. The highest BCUT2D eigenvalue weighted by Crippen LogP contribution is 2.37. The summed E-state index contributed by atoms with van der Waals surface area (Å²) < 4.78 is 11.7. The van der Waals surface area contributed by atoms with Gasteiger partial charge in [-0.05, 0) is 38.0 Å². The molecular formula is C27H33ClN4O5. The molecule has 37 heavy (non-hydrogen) atoms. The van der Waals surface area contributed by atoms with Crippen LogP contribution < -0.4 is 15.0 Å². The molecule has 0 spiro atoms.